The van der Waals surface area contributed by atoms with Crippen molar-refractivity contribution in [3.8, 4) is 0 Å². The van der Waals surface area contributed by atoms with Crippen molar-refractivity contribution in [3.05, 3.63) is 77.4 Å². The SMILES string of the molecule is Cc1ccc(S(=O)(=O)N(CC2=CC[C@H](O)C2)[C@@H](C)c2ccccc2)cc1. The van der Waals surface area contributed by atoms with Crippen LogP contribution < -0.4 is 0 Å². The first-order valence-electron chi connectivity index (χ1n) is 8.87. The van der Waals surface area contributed by atoms with Crippen LogP contribution in [0.25, 0.3) is 0 Å². The van der Waals surface area contributed by atoms with Gasteiger partial charge >= 0.3 is 0 Å². The maximum absolute atomic E-state index is 13.4. The van der Waals surface area contributed by atoms with Crippen LogP contribution in [0.4, 0.5) is 0 Å². The normalized spacial score (nSPS) is 18.8. The summed E-state index contributed by atoms with van der Waals surface area (Å²) in [5.74, 6) is 0. The minimum atomic E-state index is -3.66. The summed E-state index contributed by atoms with van der Waals surface area (Å²) in [6, 6.07) is 16.3. The van der Waals surface area contributed by atoms with Gasteiger partial charge in [0.15, 0.2) is 0 Å². The second-order valence-electron chi connectivity index (χ2n) is 6.91. The predicted octanol–water partition coefficient (Wildman–Crippen LogP) is 3.83. The Labute approximate surface area is 155 Å². The van der Waals surface area contributed by atoms with Crippen LogP contribution in [0, 0.1) is 6.92 Å². The minimum absolute atomic E-state index is 0.295. The lowest BCUT2D eigenvalue weighted by Gasteiger charge is -2.29. The fraction of sp³-hybridized carbons (Fsp3) is 0.333. The molecular weight excluding hydrogens is 346 g/mol. The molecule has 0 saturated carbocycles. The second-order valence-corrected chi connectivity index (χ2v) is 8.80. The van der Waals surface area contributed by atoms with E-state index in [4.69, 9.17) is 0 Å². The molecule has 0 saturated heterocycles. The largest absolute Gasteiger partial charge is 0.392 e. The molecule has 5 heteroatoms. The summed E-state index contributed by atoms with van der Waals surface area (Å²) in [6.45, 7) is 4.14. The summed E-state index contributed by atoms with van der Waals surface area (Å²) in [7, 11) is -3.66. The van der Waals surface area contributed by atoms with Crippen molar-refractivity contribution in [2.75, 3.05) is 6.54 Å². The Morgan fingerprint density at radius 1 is 1.12 bits per heavy atom. The fourth-order valence-electron chi connectivity index (χ4n) is 3.27. The van der Waals surface area contributed by atoms with E-state index in [1.807, 2.05) is 62.4 Å². The fourth-order valence-corrected chi connectivity index (χ4v) is 4.90. The van der Waals surface area contributed by atoms with Gasteiger partial charge in [0.05, 0.1) is 11.0 Å². The third kappa shape index (κ3) is 4.06. The minimum Gasteiger partial charge on any atom is -0.392 e. The van der Waals surface area contributed by atoms with Gasteiger partial charge in [-0.2, -0.15) is 4.31 Å². The lowest BCUT2D eigenvalue weighted by molar-refractivity contribution is 0.186. The number of aliphatic hydroxyl groups is 1. The maximum atomic E-state index is 13.4. The molecule has 0 fully saturated rings. The van der Waals surface area contributed by atoms with Crippen LogP contribution in [0.3, 0.4) is 0 Å². The molecule has 1 N–H and O–H groups in total. The van der Waals surface area contributed by atoms with E-state index in [0.29, 0.717) is 24.3 Å². The number of rotatable bonds is 6. The zero-order valence-corrected chi connectivity index (χ0v) is 16.0. The molecule has 3 rings (SSSR count). The molecule has 0 unspecified atom stereocenters. The molecule has 26 heavy (non-hydrogen) atoms. The Balaban J connectivity index is 1.97. The number of sulfonamides is 1. The lowest BCUT2D eigenvalue weighted by atomic mass is 10.1. The van der Waals surface area contributed by atoms with Crippen molar-refractivity contribution < 1.29 is 13.5 Å². The number of hydrogen-bond acceptors (Lipinski definition) is 3. The van der Waals surface area contributed by atoms with Gasteiger partial charge in [-0.1, -0.05) is 59.7 Å². The Kier molecular flexibility index (Phi) is 5.61. The van der Waals surface area contributed by atoms with Crippen LogP contribution in [0.15, 0.2) is 71.1 Å². The van der Waals surface area contributed by atoms with E-state index in [0.717, 1.165) is 16.7 Å². The van der Waals surface area contributed by atoms with Gasteiger partial charge in [0.2, 0.25) is 10.0 Å². The molecule has 0 radical (unpaired) electrons. The molecule has 1 aliphatic rings. The molecule has 2 atom stereocenters. The first kappa shape index (κ1) is 18.8. The summed E-state index contributed by atoms with van der Waals surface area (Å²) in [4.78, 5) is 0.296. The van der Waals surface area contributed by atoms with Crippen molar-refractivity contribution in [3.63, 3.8) is 0 Å². The molecule has 0 aliphatic heterocycles. The van der Waals surface area contributed by atoms with Crippen LogP contribution in [0.5, 0.6) is 0 Å². The van der Waals surface area contributed by atoms with Crippen molar-refractivity contribution in [1.29, 1.82) is 0 Å². The standard InChI is InChI=1S/C21H25NO3S/c1-16-8-12-21(13-9-16)26(24,25)22(15-18-10-11-20(23)14-18)17(2)19-6-4-3-5-7-19/h3-10,12-13,17,20,23H,11,14-15H2,1-2H3/t17-,20-/m0/s1. The van der Waals surface area contributed by atoms with E-state index in [9.17, 15) is 13.5 Å². The van der Waals surface area contributed by atoms with Crippen LogP contribution in [0.2, 0.25) is 0 Å². The first-order valence-corrected chi connectivity index (χ1v) is 10.3. The molecule has 0 spiro atoms. The molecule has 0 bridgehead atoms. The molecule has 4 nitrogen and oxygen atoms in total. The molecule has 0 amide bonds. The monoisotopic (exact) mass is 371 g/mol. The number of aryl methyl sites for hydroxylation is 1. The van der Waals surface area contributed by atoms with Gasteiger partial charge in [0.1, 0.15) is 0 Å². The Bertz CT molecular complexity index is 873. The van der Waals surface area contributed by atoms with Crippen LogP contribution in [0.1, 0.15) is 36.9 Å². The predicted molar refractivity (Wildman–Crippen MR) is 103 cm³/mol. The second kappa shape index (κ2) is 7.74. The van der Waals surface area contributed by atoms with Gasteiger partial charge in [-0.25, -0.2) is 8.42 Å². The van der Waals surface area contributed by atoms with Crippen LogP contribution in [-0.2, 0) is 10.0 Å². The van der Waals surface area contributed by atoms with E-state index in [2.05, 4.69) is 0 Å². The summed E-state index contributed by atoms with van der Waals surface area (Å²) in [5.41, 5.74) is 2.94. The van der Waals surface area contributed by atoms with Crippen molar-refractivity contribution >= 4 is 10.0 Å². The molecule has 0 aromatic heterocycles. The summed E-state index contributed by atoms with van der Waals surface area (Å²) >= 11 is 0. The quantitative estimate of drug-likeness (QED) is 0.785. The van der Waals surface area contributed by atoms with E-state index in [-0.39, 0.29) is 6.04 Å². The van der Waals surface area contributed by atoms with Crippen LogP contribution in [-0.4, -0.2) is 30.5 Å². The zero-order valence-electron chi connectivity index (χ0n) is 15.2. The zero-order chi connectivity index (χ0) is 18.7. The van der Waals surface area contributed by atoms with Crippen LogP contribution >= 0.6 is 0 Å². The van der Waals surface area contributed by atoms with E-state index in [1.54, 1.807) is 12.1 Å². The van der Waals surface area contributed by atoms with Crippen molar-refractivity contribution in [1.82, 2.24) is 4.31 Å². The highest BCUT2D eigenvalue weighted by Gasteiger charge is 2.31. The van der Waals surface area contributed by atoms with E-state index >= 15 is 0 Å². The first-order chi connectivity index (χ1) is 12.4. The molecule has 0 heterocycles. The average Bonchev–Trinajstić information content (AvgIpc) is 3.05. The number of aliphatic hydroxyl groups excluding tert-OH is 1. The van der Waals surface area contributed by atoms with E-state index < -0.39 is 16.1 Å². The topological polar surface area (TPSA) is 57.6 Å². The van der Waals surface area contributed by atoms with Gasteiger partial charge < -0.3 is 5.11 Å². The highest BCUT2D eigenvalue weighted by molar-refractivity contribution is 7.89. The smallest absolute Gasteiger partial charge is 0.243 e. The van der Waals surface area contributed by atoms with E-state index in [1.165, 1.54) is 4.31 Å². The average molecular weight is 372 g/mol. The summed E-state index contributed by atoms with van der Waals surface area (Å²) < 4.78 is 28.3. The van der Waals surface area contributed by atoms with Gasteiger partial charge in [-0.3, -0.25) is 0 Å². The van der Waals surface area contributed by atoms with Gasteiger partial charge in [-0.05, 0) is 44.4 Å². The molecular formula is C21H25NO3S. The number of benzene rings is 2. The highest BCUT2D eigenvalue weighted by atomic mass is 32.2. The third-order valence-corrected chi connectivity index (χ3v) is 6.81. The molecule has 2 aromatic rings. The number of nitrogens with zero attached hydrogens (tertiary/aromatic N) is 1. The molecule has 1 aliphatic carbocycles. The highest BCUT2D eigenvalue weighted by Crippen LogP contribution is 2.31. The van der Waals surface area contributed by atoms with Gasteiger partial charge in [0.25, 0.3) is 0 Å². The van der Waals surface area contributed by atoms with Crippen molar-refractivity contribution in [2.24, 2.45) is 0 Å². The summed E-state index contributed by atoms with van der Waals surface area (Å²) in [6.07, 6.45) is 2.68. The Hall–Kier alpha value is -1.95. The Morgan fingerprint density at radius 3 is 2.35 bits per heavy atom. The number of hydrogen-bond donors (Lipinski definition) is 1. The maximum Gasteiger partial charge on any atom is 0.243 e. The third-order valence-electron chi connectivity index (χ3n) is 4.88. The molecule has 2 aromatic carbocycles. The Morgan fingerprint density at radius 2 is 1.77 bits per heavy atom. The van der Waals surface area contributed by atoms with Crippen molar-refractivity contribution in [2.45, 2.75) is 43.7 Å². The van der Waals surface area contributed by atoms with Gasteiger partial charge in [-0.15, -0.1) is 0 Å². The lowest BCUT2D eigenvalue weighted by Crippen LogP contribution is -2.35. The summed E-state index contributed by atoms with van der Waals surface area (Å²) in [5, 5.41) is 9.80. The van der Waals surface area contributed by atoms with Gasteiger partial charge in [0, 0.05) is 12.6 Å². The molecule has 138 valence electrons.